The van der Waals surface area contributed by atoms with E-state index in [9.17, 15) is 13.2 Å². The van der Waals surface area contributed by atoms with Crippen molar-refractivity contribution >= 4 is 22.1 Å². The van der Waals surface area contributed by atoms with Crippen LogP contribution in [0.4, 0.5) is 0 Å². The SMILES string of the molecule is NC(=O)C1=CS(=O)(=O)N=C1. The summed E-state index contributed by atoms with van der Waals surface area (Å²) in [5.41, 5.74) is 4.67. The second-order valence-electron chi connectivity index (χ2n) is 1.69. The Morgan fingerprint density at radius 3 is 2.40 bits per heavy atom. The first-order chi connectivity index (χ1) is 4.51. The highest BCUT2D eigenvalue weighted by Gasteiger charge is 2.15. The molecule has 0 saturated carbocycles. The molecule has 0 saturated heterocycles. The lowest BCUT2D eigenvalue weighted by atomic mass is 10.3. The quantitative estimate of drug-likeness (QED) is 0.520. The molecule has 54 valence electrons. The highest BCUT2D eigenvalue weighted by molar-refractivity contribution is 7.93. The van der Waals surface area contributed by atoms with Gasteiger partial charge in [-0.15, -0.1) is 0 Å². The van der Waals surface area contributed by atoms with Crippen molar-refractivity contribution in [1.29, 1.82) is 0 Å². The van der Waals surface area contributed by atoms with E-state index in [4.69, 9.17) is 5.73 Å². The zero-order valence-electron chi connectivity index (χ0n) is 4.81. The van der Waals surface area contributed by atoms with Crippen LogP contribution in [0.5, 0.6) is 0 Å². The molecule has 0 fully saturated rings. The van der Waals surface area contributed by atoms with Crippen molar-refractivity contribution in [3.8, 4) is 0 Å². The first-order valence-corrected chi connectivity index (χ1v) is 3.83. The molecular formula is C4H4N2O3S. The monoisotopic (exact) mass is 160 g/mol. The second-order valence-corrected chi connectivity index (χ2v) is 3.16. The number of carbonyl (C=O) groups excluding carboxylic acids is 1. The van der Waals surface area contributed by atoms with Crippen LogP contribution in [0.1, 0.15) is 0 Å². The summed E-state index contributed by atoms with van der Waals surface area (Å²) >= 11 is 0. The summed E-state index contributed by atoms with van der Waals surface area (Å²) in [5, 5.41) is 0.731. The van der Waals surface area contributed by atoms with Crippen LogP contribution in [0, 0.1) is 0 Å². The average Bonchev–Trinajstić information content (AvgIpc) is 2.10. The lowest BCUT2D eigenvalue weighted by molar-refractivity contribution is -0.114. The molecule has 0 spiro atoms. The van der Waals surface area contributed by atoms with Gasteiger partial charge in [-0.1, -0.05) is 0 Å². The molecule has 0 atom stereocenters. The summed E-state index contributed by atoms with van der Waals surface area (Å²) in [7, 11) is -3.53. The van der Waals surface area contributed by atoms with Gasteiger partial charge in [0.05, 0.1) is 17.2 Å². The van der Waals surface area contributed by atoms with Gasteiger partial charge in [-0.2, -0.15) is 12.8 Å². The predicted molar refractivity (Wildman–Crippen MR) is 34.7 cm³/mol. The van der Waals surface area contributed by atoms with Crippen LogP contribution in [-0.4, -0.2) is 20.5 Å². The predicted octanol–water partition coefficient (Wildman–Crippen LogP) is -1.23. The van der Waals surface area contributed by atoms with Gasteiger partial charge in [-0.25, -0.2) is 0 Å². The third kappa shape index (κ3) is 1.21. The molecular weight excluding hydrogens is 156 g/mol. The van der Waals surface area contributed by atoms with E-state index in [2.05, 4.69) is 4.40 Å². The third-order valence-electron chi connectivity index (χ3n) is 0.899. The fourth-order valence-corrected chi connectivity index (χ4v) is 1.29. The smallest absolute Gasteiger partial charge is 0.276 e. The maximum absolute atomic E-state index is 10.5. The Kier molecular flexibility index (Phi) is 1.33. The van der Waals surface area contributed by atoms with Crippen LogP contribution >= 0.6 is 0 Å². The summed E-state index contributed by atoms with van der Waals surface area (Å²) < 4.78 is 24.0. The molecule has 1 aliphatic heterocycles. The lowest BCUT2D eigenvalue weighted by Crippen LogP contribution is -2.13. The van der Waals surface area contributed by atoms with Crippen LogP contribution < -0.4 is 5.73 Å². The molecule has 10 heavy (non-hydrogen) atoms. The Hall–Kier alpha value is -1.17. The van der Waals surface area contributed by atoms with Crippen molar-refractivity contribution in [2.24, 2.45) is 10.1 Å². The summed E-state index contributed by atoms with van der Waals surface area (Å²) in [6.45, 7) is 0. The maximum Gasteiger partial charge on any atom is 0.276 e. The van der Waals surface area contributed by atoms with Crippen molar-refractivity contribution in [1.82, 2.24) is 0 Å². The summed E-state index contributed by atoms with van der Waals surface area (Å²) in [5.74, 6) is -0.787. The number of nitrogens with zero attached hydrogens (tertiary/aromatic N) is 1. The molecule has 0 radical (unpaired) electrons. The molecule has 5 nitrogen and oxygen atoms in total. The van der Waals surface area contributed by atoms with Crippen molar-refractivity contribution < 1.29 is 13.2 Å². The Labute approximate surface area is 57.3 Å². The molecule has 2 N–H and O–H groups in total. The van der Waals surface area contributed by atoms with Crippen LogP contribution in [0.3, 0.4) is 0 Å². The molecule has 0 aromatic rings. The Bertz CT molecular complexity index is 324. The number of hydrogen-bond donors (Lipinski definition) is 1. The van der Waals surface area contributed by atoms with E-state index in [0.717, 1.165) is 11.6 Å². The number of nitrogens with two attached hydrogens (primary N) is 1. The van der Waals surface area contributed by atoms with E-state index in [1.165, 1.54) is 0 Å². The molecule has 0 aromatic carbocycles. The number of sulfonamides is 1. The van der Waals surface area contributed by atoms with Crippen molar-refractivity contribution in [3.63, 3.8) is 0 Å². The minimum absolute atomic E-state index is 0.0833. The Morgan fingerprint density at radius 2 is 2.20 bits per heavy atom. The van der Waals surface area contributed by atoms with Crippen molar-refractivity contribution in [2.75, 3.05) is 0 Å². The van der Waals surface area contributed by atoms with Gasteiger partial charge in [-0.3, -0.25) is 4.79 Å². The van der Waals surface area contributed by atoms with Gasteiger partial charge in [0.25, 0.3) is 15.9 Å². The van der Waals surface area contributed by atoms with Gasteiger partial charge in [0.1, 0.15) is 0 Å². The summed E-state index contributed by atoms with van der Waals surface area (Å²) in [4.78, 5) is 10.3. The van der Waals surface area contributed by atoms with Crippen molar-refractivity contribution in [2.45, 2.75) is 0 Å². The molecule has 1 rings (SSSR count). The highest BCUT2D eigenvalue weighted by Crippen LogP contribution is 2.06. The van der Waals surface area contributed by atoms with E-state index < -0.39 is 15.9 Å². The highest BCUT2D eigenvalue weighted by atomic mass is 32.2. The van der Waals surface area contributed by atoms with E-state index in [1.807, 2.05) is 0 Å². The molecule has 1 heterocycles. The number of hydrogen-bond acceptors (Lipinski definition) is 3. The minimum Gasteiger partial charge on any atom is -0.366 e. The molecule has 6 heteroatoms. The Balaban J connectivity index is 3.11. The van der Waals surface area contributed by atoms with E-state index in [1.54, 1.807) is 0 Å². The number of primary amides is 1. The fraction of sp³-hybridized carbons (Fsp3) is 0. The van der Waals surface area contributed by atoms with Crippen LogP contribution in [0.2, 0.25) is 0 Å². The number of amides is 1. The average molecular weight is 160 g/mol. The minimum atomic E-state index is -3.53. The lowest BCUT2D eigenvalue weighted by Gasteiger charge is -1.82. The molecule has 1 aliphatic rings. The van der Waals surface area contributed by atoms with Gasteiger partial charge in [0, 0.05) is 0 Å². The zero-order chi connectivity index (χ0) is 7.78. The Morgan fingerprint density at radius 1 is 1.60 bits per heavy atom. The molecule has 0 bridgehead atoms. The zero-order valence-corrected chi connectivity index (χ0v) is 5.63. The van der Waals surface area contributed by atoms with E-state index in [0.29, 0.717) is 0 Å². The maximum atomic E-state index is 10.5. The summed E-state index contributed by atoms with van der Waals surface area (Å²) in [6, 6.07) is 0. The topological polar surface area (TPSA) is 89.6 Å². The van der Waals surface area contributed by atoms with E-state index >= 15 is 0 Å². The van der Waals surface area contributed by atoms with Crippen LogP contribution in [0.15, 0.2) is 15.4 Å². The van der Waals surface area contributed by atoms with Gasteiger partial charge in [-0.05, 0) is 0 Å². The molecule has 0 aliphatic carbocycles. The van der Waals surface area contributed by atoms with Gasteiger partial charge >= 0.3 is 0 Å². The number of carbonyl (C=O) groups is 1. The largest absolute Gasteiger partial charge is 0.366 e. The van der Waals surface area contributed by atoms with E-state index in [-0.39, 0.29) is 5.57 Å². The second kappa shape index (κ2) is 1.91. The molecule has 0 unspecified atom stereocenters. The first kappa shape index (κ1) is 6.94. The molecule has 1 amide bonds. The first-order valence-electron chi connectivity index (χ1n) is 2.33. The normalized spacial score (nSPS) is 20.6. The van der Waals surface area contributed by atoms with Crippen molar-refractivity contribution in [3.05, 3.63) is 11.0 Å². The van der Waals surface area contributed by atoms with Gasteiger partial charge in [0.2, 0.25) is 0 Å². The number of rotatable bonds is 1. The van der Waals surface area contributed by atoms with Gasteiger partial charge in [0.15, 0.2) is 0 Å². The van der Waals surface area contributed by atoms with Gasteiger partial charge < -0.3 is 5.73 Å². The fourth-order valence-electron chi connectivity index (χ4n) is 0.473. The van der Waals surface area contributed by atoms with Crippen LogP contribution in [-0.2, 0) is 14.8 Å². The molecule has 0 aromatic heterocycles. The third-order valence-corrected chi connectivity index (χ3v) is 1.85. The summed E-state index contributed by atoms with van der Waals surface area (Å²) in [6.07, 6.45) is 0.928. The standard InChI is InChI=1S/C4H4N2O3S/c5-4(7)3-1-6-10(8,9)2-3/h1-2H,(H2,5,7). The van der Waals surface area contributed by atoms with Crippen LogP contribution in [0.25, 0.3) is 0 Å².